The van der Waals surface area contributed by atoms with E-state index in [2.05, 4.69) is 32.7 Å². The number of nitrogens with one attached hydrogen (secondary N) is 1. The van der Waals surface area contributed by atoms with Gasteiger partial charge in [-0.25, -0.2) is 0 Å². The fourth-order valence-corrected chi connectivity index (χ4v) is 6.65. The van der Waals surface area contributed by atoms with Crippen molar-refractivity contribution in [2.24, 2.45) is 16.0 Å². The van der Waals surface area contributed by atoms with Gasteiger partial charge in [-0.2, -0.15) is 15.1 Å². The Balaban J connectivity index is 1.32. The fourth-order valence-electron chi connectivity index (χ4n) is 4.62. The van der Waals surface area contributed by atoms with Gasteiger partial charge in [-0.15, -0.1) is 0 Å². The van der Waals surface area contributed by atoms with Gasteiger partial charge in [0.1, 0.15) is 24.0 Å². The molecule has 0 unspecified atom stereocenters. The van der Waals surface area contributed by atoms with E-state index in [0.717, 1.165) is 21.5 Å². The van der Waals surface area contributed by atoms with Gasteiger partial charge in [-0.05, 0) is 90.0 Å². The smallest absolute Gasteiger partial charge is 0.283 e. The minimum Gasteiger partial charge on any atom is -0.490 e. The molecule has 0 saturated heterocycles. The third kappa shape index (κ3) is 6.44. The molecule has 0 aromatic heterocycles. The van der Waals surface area contributed by atoms with Crippen LogP contribution >= 0.6 is 46.0 Å². The normalized spacial score (nSPS) is 18.6. The molecule has 2 heterocycles. The van der Waals surface area contributed by atoms with Crippen molar-refractivity contribution in [3.8, 4) is 17.2 Å². The molecular formula is C28H28ClIN4O4S. The number of nitrogens with zero attached hydrogens (tertiary/aromatic N) is 3. The zero-order valence-electron chi connectivity index (χ0n) is 21.4. The summed E-state index contributed by atoms with van der Waals surface area (Å²) in [6.07, 6.45) is 7.48. The summed E-state index contributed by atoms with van der Waals surface area (Å²) in [7, 11) is 0. The highest BCUT2D eigenvalue weighted by Gasteiger charge is 2.38. The third-order valence-electron chi connectivity index (χ3n) is 6.49. The van der Waals surface area contributed by atoms with E-state index < -0.39 is 5.91 Å². The Morgan fingerprint density at radius 3 is 2.67 bits per heavy atom. The van der Waals surface area contributed by atoms with Crippen LogP contribution in [0.1, 0.15) is 44.6 Å². The number of hydrazone groups is 1. The second-order valence-corrected chi connectivity index (χ2v) is 11.7. The van der Waals surface area contributed by atoms with Crippen LogP contribution in [-0.2, 0) is 4.79 Å². The van der Waals surface area contributed by atoms with E-state index in [0.29, 0.717) is 52.1 Å². The van der Waals surface area contributed by atoms with E-state index in [-0.39, 0.29) is 18.0 Å². The van der Waals surface area contributed by atoms with Crippen LogP contribution in [-0.4, -0.2) is 46.8 Å². The van der Waals surface area contributed by atoms with Crippen molar-refractivity contribution in [1.82, 2.24) is 5.01 Å². The zero-order chi connectivity index (χ0) is 27.4. The summed E-state index contributed by atoms with van der Waals surface area (Å²) in [5.74, 6) is 1.71. The lowest BCUT2D eigenvalue weighted by Gasteiger charge is -2.20. The van der Waals surface area contributed by atoms with Gasteiger partial charge in [0.2, 0.25) is 5.17 Å². The van der Waals surface area contributed by atoms with Gasteiger partial charge >= 0.3 is 0 Å². The Morgan fingerprint density at radius 2 is 1.90 bits per heavy atom. The molecule has 2 aliphatic heterocycles. The monoisotopic (exact) mass is 678 g/mol. The Labute approximate surface area is 250 Å². The highest BCUT2D eigenvalue weighted by atomic mass is 127. The number of carbonyl (C=O) groups excluding carboxylic acids is 1. The zero-order valence-corrected chi connectivity index (χ0v) is 25.1. The van der Waals surface area contributed by atoms with Gasteiger partial charge in [0.05, 0.1) is 20.8 Å². The van der Waals surface area contributed by atoms with Crippen LogP contribution in [0.25, 0.3) is 6.08 Å². The van der Waals surface area contributed by atoms with Crippen LogP contribution in [0, 0.1) is 14.9 Å². The van der Waals surface area contributed by atoms with Crippen LogP contribution in [0.2, 0.25) is 5.02 Å². The first-order valence-corrected chi connectivity index (χ1v) is 15.2. The molecule has 1 saturated carbocycles. The van der Waals surface area contributed by atoms with E-state index in [1.165, 1.54) is 36.0 Å². The molecule has 8 nitrogen and oxygen atoms in total. The first kappa shape index (κ1) is 28.0. The number of aliphatic imine (C=N–C) groups is 1. The lowest BCUT2D eigenvalue weighted by Crippen LogP contribution is -2.35. The highest BCUT2D eigenvalue weighted by molar-refractivity contribution is 14.1. The summed E-state index contributed by atoms with van der Waals surface area (Å²) in [5, 5.41) is 16.9. The van der Waals surface area contributed by atoms with Crippen LogP contribution in [0.15, 0.2) is 52.1 Å². The minimum atomic E-state index is -0.441. The molecule has 5 rings (SSSR count). The Bertz CT molecular complexity index is 1370. The van der Waals surface area contributed by atoms with Gasteiger partial charge in [-0.1, -0.05) is 43.0 Å². The van der Waals surface area contributed by atoms with Crippen molar-refractivity contribution in [3.63, 3.8) is 0 Å². The van der Waals surface area contributed by atoms with Crippen LogP contribution in [0.5, 0.6) is 17.2 Å². The summed E-state index contributed by atoms with van der Waals surface area (Å²) in [4.78, 5) is 17.2. The highest BCUT2D eigenvalue weighted by Crippen LogP contribution is 2.38. The summed E-state index contributed by atoms with van der Waals surface area (Å²) >= 11 is 9.75. The maximum Gasteiger partial charge on any atom is 0.283 e. The maximum absolute atomic E-state index is 12.9. The molecule has 0 spiro atoms. The molecule has 2 aromatic carbocycles. The third-order valence-corrected chi connectivity index (χ3v) is 8.68. The SMILES string of the molecule is CCOc1cc(/C=C2/C(=N)N3N=C(C4CCCCC4)SC3=NC2=O)cc(I)c1OCCOc1ccccc1Cl. The molecular weight excluding hydrogens is 651 g/mol. The van der Waals surface area contributed by atoms with E-state index in [1.54, 1.807) is 24.3 Å². The molecule has 2 aromatic rings. The summed E-state index contributed by atoms with van der Waals surface area (Å²) in [6, 6.07) is 11.0. The average molecular weight is 679 g/mol. The molecule has 1 amide bonds. The van der Waals surface area contributed by atoms with Crippen molar-refractivity contribution in [2.75, 3.05) is 19.8 Å². The van der Waals surface area contributed by atoms with Gasteiger partial charge in [0, 0.05) is 5.92 Å². The molecule has 1 fully saturated rings. The number of rotatable bonds is 9. The summed E-state index contributed by atoms with van der Waals surface area (Å²) < 4.78 is 18.4. The number of amides is 1. The second-order valence-electron chi connectivity index (χ2n) is 9.18. The van der Waals surface area contributed by atoms with Crippen molar-refractivity contribution < 1.29 is 19.0 Å². The number of thioether (sulfide) groups is 1. The lowest BCUT2D eigenvalue weighted by atomic mass is 9.90. The van der Waals surface area contributed by atoms with E-state index in [4.69, 9.17) is 31.2 Å². The Hall–Kier alpha value is -2.57. The molecule has 11 heteroatoms. The molecule has 0 atom stereocenters. The quantitative estimate of drug-likeness (QED) is 0.174. The van der Waals surface area contributed by atoms with Crippen LogP contribution in [0.3, 0.4) is 0 Å². The fraction of sp³-hybridized carbons (Fsp3) is 0.357. The van der Waals surface area contributed by atoms with Gasteiger partial charge < -0.3 is 14.2 Å². The first-order chi connectivity index (χ1) is 18.9. The van der Waals surface area contributed by atoms with Gasteiger partial charge in [0.25, 0.3) is 5.91 Å². The predicted molar refractivity (Wildman–Crippen MR) is 164 cm³/mol. The van der Waals surface area contributed by atoms with Gasteiger partial charge in [-0.3, -0.25) is 10.2 Å². The molecule has 0 radical (unpaired) electrons. The number of hydrogen-bond donors (Lipinski definition) is 1. The topological polar surface area (TPSA) is 96.6 Å². The van der Waals surface area contributed by atoms with E-state index in [9.17, 15) is 4.79 Å². The lowest BCUT2D eigenvalue weighted by molar-refractivity contribution is -0.114. The number of benzene rings is 2. The summed E-state index contributed by atoms with van der Waals surface area (Å²) in [5.41, 5.74) is 0.894. The molecule has 1 aliphatic carbocycles. The minimum absolute atomic E-state index is 0.0355. The number of carbonyl (C=O) groups is 1. The number of ether oxygens (including phenoxy) is 3. The largest absolute Gasteiger partial charge is 0.490 e. The predicted octanol–water partition coefficient (Wildman–Crippen LogP) is 7.00. The first-order valence-electron chi connectivity index (χ1n) is 12.9. The van der Waals surface area contributed by atoms with Crippen molar-refractivity contribution in [2.45, 2.75) is 39.0 Å². The molecule has 0 bridgehead atoms. The average Bonchev–Trinajstić information content (AvgIpc) is 3.36. The number of para-hydroxylation sites is 1. The van der Waals surface area contributed by atoms with Gasteiger partial charge in [0.15, 0.2) is 17.3 Å². The molecule has 204 valence electrons. The number of amidine groups is 2. The number of hydrogen-bond acceptors (Lipinski definition) is 7. The van der Waals surface area contributed by atoms with Crippen LogP contribution in [0.4, 0.5) is 0 Å². The molecule has 1 N–H and O–H groups in total. The van der Waals surface area contributed by atoms with E-state index in [1.807, 2.05) is 25.1 Å². The standard InChI is InChI=1S/C28H28ClIN4O4S/c1-2-36-23-16-17(15-21(30)24(23)38-13-12-37-22-11-7-6-10-20(22)29)14-19-25(31)34-28(32-26(19)35)39-27(33-34)18-8-4-3-5-9-18/h6-7,10-11,14-16,18,31H,2-5,8-9,12-13H2,1H3/b19-14-,31-25?. The van der Waals surface area contributed by atoms with Crippen molar-refractivity contribution >= 4 is 74.0 Å². The number of halogens is 2. The molecule has 3 aliphatic rings. The van der Waals surface area contributed by atoms with Crippen molar-refractivity contribution in [1.29, 1.82) is 5.41 Å². The van der Waals surface area contributed by atoms with Crippen LogP contribution < -0.4 is 14.2 Å². The Kier molecular flexibility index (Phi) is 9.13. The second kappa shape index (κ2) is 12.7. The molecule has 39 heavy (non-hydrogen) atoms. The van der Waals surface area contributed by atoms with Crippen molar-refractivity contribution in [3.05, 3.63) is 56.1 Å². The number of fused-ring (bicyclic) bond motifs is 1. The van der Waals surface area contributed by atoms with E-state index >= 15 is 0 Å². The summed E-state index contributed by atoms with van der Waals surface area (Å²) in [6.45, 7) is 2.93. The maximum atomic E-state index is 12.9. The Morgan fingerprint density at radius 1 is 1.13 bits per heavy atom.